The Kier molecular flexibility index (Phi) is 5.24. The van der Waals surface area contributed by atoms with E-state index in [1.807, 2.05) is 12.1 Å². The van der Waals surface area contributed by atoms with Crippen LogP contribution in [0, 0.1) is 0 Å². The number of allylic oxidation sites excluding steroid dienone is 1. The van der Waals surface area contributed by atoms with E-state index in [0.717, 1.165) is 18.8 Å². The van der Waals surface area contributed by atoms with Crippen LogP contribution in [0.15, 0.2) is 45.9 Å². The van der Waals surface area contributed by atoms with E-state index in [1.54, 1.807) is 24.3 Å². The molecular weight excluding hydrogens is 362 g/mol. The second-order valence-electron chi connectivity index (χ2n) is 6.35. The standard InChI is InChI=1S/C19H19N5O4/c25-18(13-3-5-14(6-4-13)24-8-10-27-11-9-24)21-12-16-22-17(23-28-16)15-2-1-7-20-19(15)26/h1-7,15H,8-12H2,(H,21,25). The minimum Gasteiger partial charge on any atom is -0.378 e. The smallest absolute Gasteiger partial charge is 0.260 e. The van der Waals surface area contributed by atoms with Gasteiger partial charge in [-0.05, 0) is 30.3 Å². The van der Waals surface area contributed by atoms with Crippen LogP contribution in [0.5, 0.6) is 0 Å². The second kappa shape index (κ2) is 8.13. The fourth-order valence-electron chi connectivity index (χ4n) is 3.01. The molecule has 1 unspecified atom stereocenters. The van der Waals surface area contributed by atoms with Crippen molar-refractivity contribution in [2.45, 2.75) is 12.5 Å². The second-order valence-corrected chi connectivity index (χ2v) is 6.35. The van der Waals surface area contributed by atoms with E-state index >= 15 is 0 Å². The van der Waals surface area contributed by atoms with Crippen molar-refractivity contribution in [3.8, 4) is 0 Å². The van der Waals surface area contributed by atoms with Gasteiger partial charge < -0.3 is 19.5 Å². The Morgan fingerprint density at radius 3 is 2.75 bits per heavy atom. The predicted octanol–water partition coefficient (Wildman–Crippen LogP) is 1.09. The van der Waals surface area contributed by atoms with Crippen LogP contribution in [-0.2, 0) is 16.1 Å². The number of benzene rings is 1. The first-order valence-electron chi connectivity index (χ1n) is 8.99. The van der Waals surface area contributed by atoms with Crippen molar-refractivity contribution in [2.75, 3.05) is 31.2 Å². The molecule has 2 aliphatic heterocycles. The van der Waals surface area contributed by atoms with Gasteiger partial charge in [-0.15, -0.1) is 0 Å². The molecule has 0 aliphatic carbocycles. The first kappa shape index (κ1) is 18.1. The van der Waals surface area contributed by atoms with Gasteiger partial charge in [-0.3, -0.25) is 9.59 Å². The molecule has 3 heterocycles. The zero-order valence-corrected chi connectivity index (χ0v) is 15.1. The third-order valence-corrected chi connectivity index (χ3v) is 4.53. The molecule has 1 N–H and O–H groups in total. The highest BCUT2D eigenvalue weighted by Crippen LogP contribution is 2.19. The highest BCUT2D eigenvalue weighted by Gasteiger charge is 2.24. The zero-order chi connectivity index (χ0) is 19.3. The van der Waals surface area contributed by atoms with Gasteiger partial charge in [0.2, 0.25) is 5.89 Å². The van der Waals surface area contributed by atoms with E-state index in [0.29, 0.717) is 18.8 Å². The van der Waals surface area contributed by atoms with Crippen LogP contribution in [0.1, 0.15) is 28.0 Å². The number of amides is 2. The largest absolute Gasteiger partial charge is 0.378 e. The topological polar surface area (TPSA) is 110 Å². The highest BCUT2D eigenvalue weighted by molar-refractivity contribution is 5.97. The van der Waals surface area contributed by atoms with Crippen LogP contribution < -0.4 is 10.2 Å². The lowest BCUT2D eigenvalue weighted by Gasteiger charge is -2.28. The molecule has 1 aromatic heterocycles. The molecule has 28 heavy (non-hydrogen) atoms. The summed E-state index contributed by atoms with van der Waals surface area (Å²) >= 11 is 0. The number of anilines is 1. The summed E-state index contributed by atoms with van der Waals surface area (Å²) in [4.78, 5) is 34.2. The fourth-order valence-corrected chi connectivity index (χ4v) is 3.01. The van der Waals surface area contributed by atoms with E-state index in [2.05, 4.69) is 25.3 Å². The summed E-state index contributed by atoms with van der Waals surface area (Å²) in [7, 11) is 0. The Balaban J connectivity index is 1.33. The van der Waals surface area contributed by atoms with Crippen LogP contribution in [0.2, 0.25) is 0 Å². The van der Waals surface area contributed by atoms with E-state index in [1.165, 1.54) is 6.21 Å². The van der Waals surface area contributed by atoms with Gasteiger partial charge in [0.25, 0.3) is 11.8 Å². The average molecular weight is 381 g/mol. The van der Waals surface area contributed by atoms with Crippen LogP contribution in [0.4, 0.5) is 5.69 Å². The quantitative estimate of drug-likeness (QED) is 0.825. The summed E-state index contributed by atoms with van der Waals surface area (Å²) in [6, 6.07) is 7.41. The molecule has 4 rings (SSSR count). The lowest BCUT2D eigenvalue weighted by atomic mass is 10.1. The minimum atomic E-state index is -0.647. The molecule has 0 radical (unpaired) electrons. The maximum atomic E-state index is 12.3. The number of nitrogens with zero attached hydrogens (tertiary/aromatic N) is 4. The van der Waals surface area contributed by atoms with E-state index in [-0.39, 0.29) is 30.1 Å². The first-order valence-corrected chi connectivity index (χ1v) is 8.99. The van der Waals surface area contributed by atoms with Gasteiger partial charge >= 0.3 is 0 Å². The van der Waals surface area contributed by atoms with Crippen molar-refractivity contribution < 1.29 is 18.8 Å². The number of ether oxygens (including phenoxy) is 1. The van der Waals surface area contributed by atoms with Crippen molar-refractivity contribution in [1.82, 2.24) is 15.5 Å². The van der Waals surface area contributed by atoms with E-state index < -0.39 is 5.92 Å². The normalized spacial score (nSPS) is 19.1. The Hall–Kier alpha value is -3.33. The first-order chi connectivity index (χ1) is 13.7. The molecular formula is C19H19N5O4. The molecule has 9 heteroatoms. The molecule has 0 saturated carbocycles. The summed E-state index contributed by atoms with van der Waals surface area (Å²) in [5.41, 5.74) is 1.60. The highest BCUT2D eigenvalue weighted by atomic mass is 16.5. The van der Waals surface area contributed by atoms with Crippen molar-refractivity contribution in [3.63, 3.8) is 0 Å². The van der Waals surface area contributed by atoms with Gasteiger partial charge in [0.15, 0.2) is 5.82 Å². The van der Waals surface area contributed by atoms with Gasteiger partial charge in [0.1, 0.15) is 5.92 Å². The number of hydrogen-bond acceptors (Lipinski definition) is 7. The molecule has 144 valence electrons. The van der Waals surface area contributed by atoms with E-state index in [9.17, 15) is 9.59 Å². The Bertz CT molecular complexity index is 913. The van der Waals surface area contributed by atoms with Crippen molar-refractivity contribution in [2.24, 2.45) is 4.99 Å². The summed E-state index contributed by atoms with van der Waals surface area (Å²) in [5.74, 6) is -0.780. The Morgan fingerprint density at radius 2 is 2.00 bits per heavy atom. The number of aliphatic imine (C=N–C) groups is 1. The number of dihydropyridines is 1. The third kappa shape index (κ3) is 3.99. The van der Waals surface area contributed by atoms with Crippen LogP contribution in [0.25, 0.3) is 0 Å². The molecule has 9 nitrogen and oxygen atoms in total. The monoisotopic (exact) mass is 381 g/mol. The number of aromatic nitrogens is 2. The van der Waals surface area contributed by atoms with Crippen LogP contribution in [0.3, 0.4) is 0 Å². The third-order valence-electron chi connectivity index (χ3n) is 4.53. The summed E-state index contributed by atoms with van der Waals surface area (Å²) < 4.78 is 10.5. The average Bonchev–Trinajstić information content (AvgIpc) is 3.22. The summed E-state index contributed by atoms with van der Waals surface area (Å²) in [6.45, 7) is 3.18. The number of carbonyl (C=O) groups is 2. The van der Waals surface area contributed by atoms with Crippen LogP contribution in [-0.4, -0.2) is 54.5 Å². The SMILES string of the molecule is O=C(NCc1nc(C2C=CC=NC2=O)no1)c1ccc(N2CCOCC2)cc1. The molecule has 2 aliphatic rings. The number of rotatable bonds is 5. The summed E-state index contributed by atoms with van der Waals surface area (Å²) in [5, 5.41) is 6.55. The number of morpholine rings is 1. The van der Waals surface area contributed by atoms with Gasteiger partial charge in [-0.2, -0.15) is 4.98 Å². The van der Waals surface area contributed by atoms with Crippen molar-refractivity contribution in [1.29, 1.82) is 0 Å². The maximum Gasteiger partial charge on any atom is 0.260 e. The maximum absolute atomic E-state index is 12.3. The van der Waals surface area contributed by atoms with Crippen molar-refractivity contribution >= 4 is 23.7 Å². The van der Waals surface area contributed by atoms with Gasteiger partial charge in [0, 0.05) is 30.6 Å². The van der Waals surface area contributed by atoms with E-state index in [4.69, 9.17) is 9.26 Å². The predicted molar refractivity (Wildman–Crippen MR) is 100 cm³/mol. The van der Waals surface area contributed by atoms with Gasteiger partial charge in [0.05, 0.1) is 19.8 Å². The molecule has 2 aromatic rings. The molecule has 2 amide bonds. The molecule has 0 spiro atoms. The molecule has 1 aromatic carbocycles. The Morgan fingerprint density at radius 1 is 1.21 bits per heavy atom. The van der Waals surface area contributed by atoms with Crippen molar-refractivity contribution in [3.05, 3.63) is 53.7 Å². The van der Waals surface area contributed by atoms with Crippen LogP contribution >= 0.6 is 0 Å². The molecule has 1 saturated heterocycles. The fraction of sp³-hybridized carbons (Fsp3) is 0.316. The van der Waals surface area contributed by atoms with Gasteiger partial charge in [-0.25, -0.2) is 4.99 Å². The number of carbonyl (C=O) groups excluding carboxylic acids is 2. The van der Waals surface area contributed by atoms with Gasteiger partial charge in [-0.1, -0.05) is 11.2 Å². The molecule has 1 atom stereocenters. The minimum absolute atomic E-state index is 0.0743. The zero-order valence-electron chi connectivity index (χ0n) is 15.1. The molecule has 0 bridgehead atoms. The number of nitrogens with one attached hydrogen (secondary N) is 1. The summed E-state index contributed by atoms with van der Waals surface area (Å²) in [6.07, 6.45) is 4.73. The lowest BCUT2D eigenvalue weighted by molar-refractivity contribution is -0.118. The Labute approximate surface area is 161 Å². The lowest BCUT2D eigenvalue weighted by Crippen LogP contribution is -2.36. The number of hydrogen-bond donors (Lipinski definition) is 1. The molecule has 1 fully saturated rings.